The molecule has 0 aromatic rings. The third kappa shape index (κ3) is 3.53. The second kappa shape index (κ2) is 5.45. The van der Waals surface area contributed by atoms with Crippen molar-refractivity contribution in [2.45, 2.75) is 37.1 Å². The fourth-order valence-electron chi connectivity index (χ4n) is 1.61. The van der Waals surface area contributed by atoms with E-state index < -0.39 is 5.38 Å². The SMILES string of the molecule is COC(=O)C(Cl)CNC1CCCC1. The molecular formula is C9H16ClNO2. The highest BCUT2D eigenvalue weighted by atomic mass is 35.5. The zero-order valence-corrected chi connectivity index (χ0v) is 8.64. The highest BCUT2D eigenvalue weighted by molar-refractivity contribution is 6.30. The highest BCUT2D eigenvalue weighted by Crippen LogP contribution is 2.17. The Labute approximate surface area is 83.8 Å². The van der Waals surface area contributed by atoms with Crippen LogP contribution in [0, 0.1) is 0 Å². The first-order valence-electron chi connectivity index (χ1n) is 4.69. The topological polar surface area (TPSA) is 38.3 Å². The van der Waals surface area contributed by atoms with Gasteiger partial charge in [-0.15, -0.1) is 11.6 Å². The molecule has 0 amide bonds. The molecule has 4 heteroatoms. The molecule has 0 aromatic carbocycles. The molecule has 13 heavy (non-hydrogen) atoms. The molecule has 3 nitrogen and oxygen atoms in total. The Bertz CT molecular complexity index is 169. The number of rotatable bonds is 4. The van der Waals surface area contributed by atoms with Crippen molar-refractivity contribution in [3.63, 3.8) is 0 Å². The molecule has 1 unspecified atom stereocenters. The van der Waals surface area contributed by atoms with E-state index in [1.165, 1.54) is 32.8 Å². The van der Waals surface area contributed by atoms with Gasteiger partial charge < -0.3 is 10.1 Å². The first kappa shape index (κ1) is 10.8. The molecule has 0 saturated heterocycles. The minimum absolute atomic E-state index is 0.354. The number of methoxy groups -OCH3 is 1. The Morgan fingerprint density at radius 3 is 2.77 bits per heavy atom. The molecule has 1 atom stereocenters. The van der Waals surface area contributed by atoms with Crippen LogP contribution in [0.4, 0.5) is 0 Å². The van der Waals surface area contributed by atoms with E-state index in [1.54, 1.807) is 0 Å². The van der Waals surface area contributed by atoms with Crippen molar-refractivity contribution in [2.24, 2.45) is 0 Å². The quantitative estimate of drug-likeness (QED) is 0.556. The van der Waals surface area contributed by atoms with Crippen LogP contribution < -0.4 is 5.32 Å². The summed E-state index contributed by atoms with van der Waals surface area (Å²) < 4.78 is 4.52. The fraction of sp³-hybridized carbons (Fsp3) is 0.889. The van der Waals surface area contributed by atoms with E-state index in [0.717, 1.165) is 0 Å². The maximum Gasteiger partial charge on any atom is 0.325 e. The number of esters is 1. The summed E-state index contributed by atoms with van der Waals surface area (Å²) in [5, 5.41) is 2.71. The molecule has 1 aliphatic carbocycles. The van der Waals surface area contributed by atoms with Crippen molar-refractivity contribution in [3.8, 4) is 0 Å². The lowest BCUT2D eigenvalue weighted by Gasteiger charge is -2.13. The molecule has 1 saturated carbocycles. The van der Waals surface area contributed by atoms with Crippen molar-refractivity contribution in [3.05, 3.63) is 0 Å². The molecule has 0 aromatic heterocycles. The van der Waals surface area contributed by atoms with E-state index in [2.05, 4.69) is 10.1 Å². The maximum absolute atomic E-state index is 10.9. The summed E-state index contributed by atoms with van der Waals surface area (Å²) in [5.41, 5.74) is 0. The van der Waals surface area contributed by atoms with Crippen molar-refractivity contribution in [1.29, 1.82) is 0 Å². The number of hydrogen-bond donors (Lipinski definition) is 1. The molecule has 0 spiro atoms. The number of nitrogens with one attached hydrogen (secondary N) is 1. The van der Waals surface area contributed by atoms with Gasteiger partial charge in [-0.25, -0.2) is 0 Å². The molecule has 0 bridgehead atoms. The number of carbonyl (C=O) groups is 1. The predicted molar refractivity (Wildman–Crippen MR) is 51.9 cm³/mol. The van der Waals surface area contributed by atoms with Crippen LogP contribution in [0.2, 0.25) is 0 Å². The van der Waals surface area contributed by atoms with Crippen LogP contribution in [0.3, 0.4) is 0 Å². The van der Waals surface area contributed by atoms with E-state index in [9.17, 15) is 4.79 Å². The first-order valence-corrected chi connectivity index (χ1v) is 5.13. The van der Waals surface area contributed by atoms with Gasteiger partial charge in [0, 0.05) is 12.6 Å². The third-order valence-corrected chi connectivity index (χ3v) is 2.73. The van der Waals surface area contributed by atoms with Crippen molar-refractivity contribution in [1.82, 2.24) is 5.32 Å². The fourth-order valence-corrected chi connectivity index (χ4v) is 1.79. The number of ether oxygens (including phenoxy) is 1. The smallest absolute Gasteiger partial charge is 0.325 e. The number of hydrogen-bond acceptors (Lipinski definition) is 3. The van der Waals surface area contributed by atoms with Gasteiger partial charge in [0.05, 0.1) is 7.11 Å². The monoisotopic (exact) mass is 205 g/mol. The maximum atomic E-state index is 10.9. The zero-order chi connectivity index (χ0) is 9.68. The average Bonchev–Trinajstić information content (AvgIpc) is 2.65. The van der Waals surface area contributed by atoms with Gasteiger partial charge in [0.15, 0.2) is 0 Å². The summed E-state index contributed by atoms with van der Waals surface area (Å²) in [6, 6.07) is 0.547. The van der Waals surface area contributed by atoms with Gasteiger partial charge in [0.2, 0.25) is 0 Å². The van der Waals surface area contributed by atoms with Gasteiger partial charge in [-0.2, -0.15) is 0 Å². The molecule has 76 valence electrons. The van der Waals surface area contributed by atoms with Crippen molar-refractivity contribution in [2.75, 3.05) is 13.7 Å². The minimum atomic E-state index is -0.550. The highest BCUT2D eigenvalue weighted by Gasteiger charge is 2.19. The van der Waals surface area contributed by atoms with Gasteiger partial charge in [-0.1, -0.05) is 12.8 Å². The van der Waals surface area contributed by atoms with Crippen LogP contribution >= 0.6 is 11.6 Å². The summed E-state index contributed by atoms with van der Waals surface area (Å²) >= 11 is 5.77. The van der Waals surface area contributed by atoms with E-state index in [4.69, 9.17) is 11.6 Å². The van der Waals surface area contributed by atoms with Crippen LogP contribution in [0.25, 0.3) is 0 Å². The summed E-state index contributed by atoms with van der Waals surface area (Å²) in [4.78, 5) is 10.9. The lowest BCUT2D eigenvalue weighted by Crippen LogP contribution is -2.35. The van der Waals surface area contributed by atoms with E-state index in [1.807, 2.05) is 0 Å². The predicted octanol–water partition coefficient (Wildman–Crippen LogP) is 1.30. The normalized spacial score (nSPS) is 20.2. The Hall–Kier alpha value is -0.280. The Kier molecular flexibility index (Phi) is 4.53. The van der Waals surface area contributed by atoms with E-state index in [0.29, 0.717) is 12.6 Å². The summed E-state index contributed by atoms with van der Waals surface area (Å²) in [6.45, 7) is 0.513. The Morgan fingerprint density at radius 1 is 1.62 bits per heavy atom. The van der Waals surface area contributed by atoms with Gasteiger partial charge in [0.25, 0.3) is 0 Å². The van der Waals surface area contributed by atoms with E-state index in [-0.39, 0.29) is 5.97 Å². The molecule has 0 heterocycles. The van der Waals surface area contributed by atoms with Crippen LogP contribution in [0.1, 0.15) is 25.7 Å². The molecular weight excluding hydrogens is 190 g/mol. The van der Waals surface area contributed by atoms with Crippen molar-refractivity contribution < 1.29 is 9.53 Å². The van der Waals surface area contributed by atoms with Crippen LogP contribution in [-0.2, 0) is 9.53 Å². The van der Waals surface area contributed by atoms with Gasteiger partial charge in [0.1, 0.15) is 5.38 Å². The molecule has 1 N–H and O–H groups in total. The Balaban J connectivity index is 2.13. The lowest BCUT2D eigenvalue weighted by atomic mass is 10.2. The Morgan fingerprint density at radius 2 is 2.23 bits per heavy atom. The molecule has 1 fully saturated rings. The second-order valence-corrected chi connectivity index (χ2v) is 3.91. The lowest BCUT2D eigenvalue weighted by molar-refractivity contribution is -0.140. The minimum Gasteiger partial charge on any atom is -0.468 e. The molecule has 1 rings (SSSR count). The van der Waals surface area contributed by atoms with Gasteiger partial charge in [-0.3, -0.25) is 4.79 Å². The number of halogens is 1. The van der Waals surface area contributed by atoms with Gasteiger partial charge in [-0.05, 0) is 12.8 Å². The van der Waals surface area contributed by atoms with Gasteiger partial charge >= 0.3 is 5.97 Å². The van der Waals surface area contributed by atoms with Crippen LogP contribution in [0.15, 0.2) is 0 Å². The van der Waals surface area contributed by atoms with E-state index >= 15 is 0 Å². The largest absolute Gasteiger partial charge is 0.468 e. The summed E-state index contributed by atoms with van der Waals surface area (Å²) in [6.07, 6.45) is 4.96. The van der Waals surface area contributed by atoms with Crippen LogP contribution in [-0.4, -0.2) is 31.0 Å². The third-order valence-electron chi connectivity index (χ3n) is 2.40. The number of carbonyl (C=O) groups excluding carboxylic acids is 1. The molecule has 0 aliphatic heterocycles. The summed E-state index contributed by atoms with van der Waals surface area (Å²) in [5.74, 6) is -0.354. The zero-order valence-electron chi connectivity index (χ0n) is 7.88. The standard InChI is InChI=1S/C9H16ClNO2/c1-13-9(12)8(10)6-11-7-4-2-3-5-7/h7-8,11H,2-6H2,1H3. The van der Waals surface area contributed by atoms with Crippen LogP contribution in [0.5, 0.6) is 0 Å². The average molecular weight is 206 g/mol. The molecule has 1 aliphatic rings. The molecule has 0 radical (unpaired) electrons. The second-order valence-electron chi connectivity index (χ2n) is 3.38. The first-order chi connectivity index (χ1) is 6.24. The summed E-state index contributed by atoms with van der Waals surface area (Å²) in [7, 11) is 1.35. The van der Waals surface area contributed by atoms with Crippen molar-refractivity contribution >= 4 is 17.6 Å². The number of alkyl halides is 1.